The highest BCUT2D eigenvalue weighted by atomic mass is 31.2. The molecule has 0 radical (unpaired) electrons. The third kappa shape index (κ3) is 36.0. The summed E-state index contributed by atoms with van der Waals surface area (Å²) in [7, 11) is 1.46. The van der Waals surface area contributed by atoms with Gasteiger partial charge >= 0.3 is 19.8 Å². The van der Waals surface area contributed by atoms with Gasteiger partial charge in [0.15, 0.2) is 6.10 Å². The van der Waals surface area contributed by atoms with E-state index in [2.05, 4.69) is 50.3 Å². The first-order valence-corrected chi connectivity index (χ1v) is 21.2. The minimum atomic E-state index is -4.37. The lowest BCUT2D eigenvalue weighted by molar-refractivity contribution is -0.870. The van der Waals surface area contributed by atoms with Crippen LogP contribution in [0.5, 0.6) is 0 Å². The van der Waals surface area contributed by atoms with Crippen LogP contribution in [0.2, 0.25) is 0 Å². The average molecular weight is 729 g/mol. The van der Waals surface area contributed by atoms with Gasteiger partial charge in [-0.1, -0.05) is 127 Å². The van der Waals surface area contributed by atoms with E-state index >= 15 is 0 Å². The number of carbonyl (C=O) groups is 2. The molecule has 9 nitrogen and oxygen atoms in total. The maximum absolute atomic E-state index is 12.6. The van der Waals surface area contributed by atoms with Crippen LogP contribution in [0.25, 0.3) is 0 Å². The van der Waals surface area contributed by atoms with E-state index in [1.807, 2.05) is 21.1 Å². The summed E-state index contributed by atoms with van der Waals surface area (Å²) < 4.78 is 34.1. The van der Waals surface area contributed by atoms with E-state index in [4.69, 9.17) is 18.5 Å². The average Bonchev–Trinajstić information content (AvgIpc) is 3.06. The molecule has 0 aliphatic heterocycles. The molecule has 0 aromatic rings. The van der Waals surface area contributed by atoms with Crippen LogP contribution < -0.4 is 0 Å². The first-order valence-electron chi connectivity index (χ1n) is 19.7. The van der Waals surface area contributed by atoms with Crippen LogP contribution in [-0.2, 0) is 32.7 Å². The van der Waals surface area contributed by atoms with Crippen molar-refractivity contribution in [1.29, 1.82) is 0 Å². The molecule has 10 heteroatoms. The van der Waals surface area contributed by atoms with E-state index in [-0.39, 0.29) is 32.0 Å². The van der Waals surface area contributed by atoms with Crippen molar-refractivity contribution in [2.24, 2.45) is 0 Å². The van der Waals surface area contributed by atoms with E-state index in [1.165, 1.54) is 51.4 Å². The Morgan fingerprint density at radius 3 is 1.64 bits per heavy atom. The number of hydrogen-bond acceptors (Lipinski definition) is 7. The van der Waals surface area contributed by atoms with Crippen molar-refractivity contribution in [2.75, 3.05) is 47.5 Å². The number of ether oxygens (including phenoxy) is 2. The third-order valence-electron chi connectivity index (χ3n) is 8.17. The zero-order valence-electron chi connectivity index (χ0n) is 32.6. The number of esters is 2. The molecule has 2 unspecified atom stereocenters. The minimum Gasteiger partial charge on any atom is -0.462 e. The molecule has 0 fully saturated rings. The van der Waals surface area contributed by atoms with Gasteiger partial charge in [-0.05, 0) is 51.4 Å². The number of rotatable bonds is 35. The number of allylic oxidation sites excluding steroid dienone is 6. The Bertz CT molecular complexity index is 959. The molecule has 0 spiro atoms. The topological polar surface area (TPSA) is 108 Å². The summed E-state index contributed by atoms with van der Waals surface area (Å²) in [5, 5.41) is 0. The highest BCUT2D eigenvalue weighted by molar-refractivity contribution is 7.47. The lowest BCUT2D eigenvalue weighted by Gasteiger charge is -2.24. The molecule has 0 aromatic carbocycles. The van der Waals surface area contributed by atoms with E-state index < -0.39 is 26.5 Å². The quantitative estimate of drug-likeness (QED) is 0.0226. The maximum atomic E-state index is 12.6. The molecule has 292 valence electrons. The lowest BCUT2D eigenvalue weighted by atomic mass is 10.1. The molecule has 0 saturated heterocycles. The van der Waals surface area contributed by atoms with Gasteiger partial charge in [0.25, 0.3) is 0 Å². The summed E-state index contributed by atoms with van der Waals surface area (Å²) in [6.45, 7) is 4.31. The fraction of sp³-hybridized carbons (Fsp3) is 0.800. The van der Waals surface area contributed by atoms with Gasteiger partial charge < -0.3 is 18.9 Å². The Hall–Kier alpha value is -1.77. The molecule has 0 aliphatic rings. The third-order valence-corrected chi connectivity index (χ3v) is 9.16. The highest BCUT2D eigenvalue weighted by Crippen LogP contribution is 2.43. The Kier molecular flexibility index (Phi) is 31.9. The van der Waals surface area contributed by atoms with Crippen molar-refractivity contribution in [2.45, 2.75) is 161 Å². The van der Waals surface area contributed by atoms with Gasteiger partial charge in [-0.3, -0.25) is 18.6 Å². The number of phosphoric acid groups is 1. The van der Waals surface area contributed by atoms with Gasteiger partial charge in [0, 0.05) is 12.8 Å². The second kappa shape index (κ2) is 33.1. The smallest absolute Gasteiger partial charge is 0.462 e. The Labute approximate surface area is 306 Å². The van der Waals surface area contributed by atoms with E-state index in [1.54, 1.807) is 0 Å². The Balaban J connectivity index is 4.35. The maximum Gasteiger partial charge on any atom is 0.472 e. The van der Waals surface area contributed by atoms with Crippen LogP contribution >= 0.6 is 7.82 Å². The molecular weight excluding hydrogens is 653 g/mol. The van der Waals surface area contributed by atoms with Crippen LogP contribution in [-0.4, -0.2) is 74.9 Å². The summed E-state index contributed by atoms with van der Waals surface area (Å²) >= 11 is 0. The standard InChI is InChI=1S/C40H74NO8P/c1-6-8-10-12-14-15-16-17-18-19-20-21-22-23-24-25-27-29-31-33-40(43)49-38(37-48-50(44,45)47-35-34-41(3,4)5)36-46-39(42)32-30-28-26-13-11-9-7-2/h14-15,17-18,20-21,38H,6-13,16,19,22-37H2,1-5H3/p+1/b15-14-,18-17-,21-20-. The molecule has 0 rings (SSSR count). The highest BCUT2D eigenvalue weighted by Gasteiger charge is 2.27. The monoisotopic (exact) mass is 729 g/mol. The Morgan fingerprint density at radius 2 is 1.08 bits per heavy atom. The van der Waals surface area contributed by atoms with Gasteiger partial charge in [0.05, 0.1) is 27.7 Å². The number of nitrogens with zero attached hydrogens (tertiary/aromatic N) is 1. The van der Waals surface area contributed by atoms with Crippen LogP contribution in [0.15, 0.2) is 36.5 Å². The number of carbonyl (C=O) groups excluding carboxylic acids is 2. The predicted octanol–water partition coefficient (Wildman–Crippen LogP) is 10.6. The number of phosphoric ester groups is 1. The molecule has 0 aliphatic carbocycles. The van der Waals surface area contributed by atoms with Crippen LogP contribution in [0.3, 0.4) is 0 Å². The zero-order chi connectivity index (χ0) is 37.2. The van der Waals surface area contributed by atoms with Gasteiger partial charge in [0.2, 0.25) is 0 Å². The summed E-state index contributed by atoms with van der Waals surface area (Å²) in [4.78, 5) is 35.0. The molecule has 0 amide bonds. The van der Waals surface area contributed by atoms with Gasteiger partial charge in [-0.2, -0.15) is 0 Å². The normalized spacial score (nSPS) is 14.1. The minimum absolute atomic E-state index is 0.0288. The zero-order valence-corrected chi connectivity index (χ0v) is 33.5. The number of hydrogen-bond donors (Lipinski definition) is 1. The van der Waals surface area contributed by atoms with Crippen molar-refractivity contribution < 1.29 is 42.1 Å². The molecule has 2 atom stereocenters. The van der Waals surface area contributed by atoms with Crippen molar-refractivity contribution in [3.63, 3.8) is 0 Å². The summed E-state index contributed by atoms with van der Waals surface area (Å²) in [6, 6.07) is 0. The largest absolute Gasteiger partial charge is 0.472 e. The van der Waals surface area contributed by atoms with Crippen molar-refractivity contribution in [1.82, 2.24) is 0 Å². The van der Waals surface area contributed by atoms with Crippen LogP contribution in [0.4, 0.5) is 0 Å². The van der Waals surface area contributed by atoms with Gasteiger partial charge in [0.1, 0.15) is 19.8 Å². The first-order chi connectivity index (χ1) is 24.0. The van der Waals surface area contributed by atoms with Gasteiger partial charge in [-0.15, -0.1) is 0 Å². The van der Waals surface area contributed by atoms with E-state index in [0.717, 1.165) is 70.6 Å². The number of likely N-dealkylation sites (N-methyl/N-ethyl adjacent to an activating group) is 1. The molecule has 0 saturated carbocycles. The summed E-state index contributed by atoms with van der Waals surface area (Å²) in [5.74, 6) is -0.822. The van der Waals surface area contributed by atoms with Crippen molar-refractivity contribution in [3.8, 4) is 0 Å². The molecule has 1 N–H and O–H groups in total. The molecule has 0 bridgehead atoms. The van der Waals surface area contributed by atoms with Crippen LogP contribution in [0, 0.1) is 0 Å². The summed E-state index contributed by atoms with van der Waals surface area (Å²) in [5.41, 5.74) is 0. The van der Waals surface area contributed by atoms with Crippen molar-refractivity contribution in [3.05, 3.63) is 36.5 Å². The van der Waals surface area contributed by atoms with Gasteiger partial charge in [-0.25, -0.2) is 4.57 Å². The molecule has 0 heterocycles. The van der Waals surface area contributed by atoms with E-state index in [0.29, 0.717) is 17.4 Å². The fourth-order valence-corrected chi connectivity index (χ4v) is 5.76. The van der Waals surface area contributed by atoms with E-state index in [9.17, 15) is 19.0 Å². The first kappa shape index (κ1) is 48.2. The van der Waals surface area contributed by atoms with Crippen molar-refractivity contribution >= 4 is 19.8 Å². The second-order valence-electron chi connectivity index (χ2n) is 14.3. The molecular formula is C40H75NO8P+. The van der Waals surface area contributed by atoms with Crippen LogP contribution in [0.1, 0.15) is 155 Å². The fourth-order valence-electron chi connectivity index (χ4n) is 5.02. The summed E-state index contributed by atoms with van der Waals surface area (Å²) in [6.07, 6.45) is 34.9. The molecule has 50 heavy (non-hydrogen) atoms. The second-order valence-corrected chi connectivity index (χ2v) is 15.8. The number of unbranched alkanes of at least 4 members (excludes halogenated alkanes) is 15. The predicted molar refractivity (Wildman–Crippen MR) is 206 cm³/mol. The lowest BCUT2D eigenvalue weighted by Crippen LogP contribution is -2.37. The SMILES string of the molecule is CCCCC/C=C\C/C=C\C/C=C\CCCCCCCCC(=O)OC(COC(=O)CCCCCCCCC)COP(=O)(O)OCC[N+](C)(C)C. The molecule has 0 aromatic heterocycles. The Morgan fingerprint density at radius 1 is 0.620 bits per heavy atom. The number of quaternary nitrogens is 1.